The first-order valence-electron chi connectivity index (χ1n) is 9.61. The maximum absolute atomic E-state index is 13.1. The fraction of sp³-hybridized carbons (Fsp3) is 0.130. The van der Waals surface area contributed by atoms with Crippen LogP contribution in [-0.4, -0.2) is 25.1 Å². The molecule has 2 aromatic carbocycles. The number of aromatic nitrogens is 1. The number of carbonyl (C=O) groups excluding carboxylic acids is 1. The molecular weight excluding hydrogens is 455 g/mol. The molecule has 33 heavy (non-hydrogen) atoms. The maximum atomic E-state index is 13.1. The van der Waals surface area contributed by atoms with Gasteiger partial charge in [-0.3, -0.25) is 4.79 Å². The summed E-state index contributed by atoms with van der Waals surface area (Å²) < 4.78 is 49.7. The molecule has 0 bridgehead atoms. The van der Waals surface area contributed by atoms with Gasteiger partial charge in [0.15, 0.2) is 0 Å². The third kappa shape index (κ3) is 4.42. The number of nitrogens with two attached hydrogens (primary N) is 1. The molecule has 0 aliphatic heterocycles. The highest BCUT2D eigenvalue weighted by atomic mass is 32.1. The molecule has 4 rings (SSSR count). The van der Waals surface area contributed by atoms with Crippen molar-refractivity contribution in [1.29, 1.82) is 0 Å². The number of ether oxygens (including phenoxy) is 2. The molecule has 3 N–H and O–H groups in total. The van der Waals surface area contributed by atoms with E-state index in [9.17, 15) is 18.0 Å². The molecule has 0 saturated carbocycles. The van der Waals surface area contributed by atoms with Crippen LogP contribution >= 0.6 is 11.3 Å². The number of nitrogens with one attached hydrogen (secondary N) is 1. The molecule has 0 fully saturated rings. The zero-order valence-electron chi connectivity index (χ0n) is 17.5. The van der Waals surface area contributed by atoms with Gasteiger partial charge in [-0.2, -0.15) is 13.2 Å². The van der Waals surface area contributed by atoms with Gasteiger partial charge in [0.2, 0.25) is 0 Å². The van der Waals surface area contributed by atoms with Crippen molar-refractivity contribution in [3.63, 3.8) is 0 Å². The summed E-state index contributed by atoms with van der Waals surface area (Å²) in [4.78, 5) is 18.2. The minimum absolute atomic E-state index is 0.0921. The largest absolute Gasteiger partial charge is 0.497 e. The van der Waals surface area contributed by atoms with E-state index in [0.717, 1.165) is 35.1 Å². The summed E-state index contributed by atoms with van der Waals surface area (Å²) in [6.45, 7) is 0. The number of anilines is 2. The predicted octanol–water partition coefficient (Wildman–Crippen LogP) is 5.83. The van der Waals surface area contributed by atoms with Crippen molar-refractivity contribution in [1.82, 2.24) is 4.98 Å². The van der Waals surface area contributed by atoms with Gasteiger partial charge in [-0.25, -0.2) is 4.98 Å². The van der Waals surface area contributed by atoms with Crippen molar-refractivity contribution in [2.75, 3.05) is 25.3 Å². The van der Waals surface area contributed by atoms with Crippen LogP contribution in [0.15, 0.2) is 54.6 Å². The molecule has 0 aliphatic carbocycles. The number of alkyl halides is 3. The van der Waals surface area contributed by atoms with E-state index < -0.39 is 17.6 Å². The minimum Gasteiger partial charge on any atom is -0.497 e. The highest BCUT2D eigenvalue weighted by Gasteiger charge is 2.31. The van der Waals surface area contributed by atoms with Crippen LogP contribution in [0.25, 0.3) is 21.5 Å². The molecule has 2 heterocycles. The Morgan fingerprint density at radius 1 is 1.06 bits per heavy atom. The molecule has 4 aromatic rings. The quantitative estimate of drug-likeness (QED) is 0.381. The lowest BCUT2D eigenvalue weighted by Gasteiger charge is -2.13. The lowest BCUT2D eigenvalue weighted by molar-refractivity contribution is -0.137. The average molecular weight is 473 g/mol. The normalized spacial score (nSPS) is 11.4. The van der Waals surface area contributed by atoms with Gasteiger partial charge in [-0.05, 0) is 42.5 Å². The van der Waals surface area contributed by atoms with Gasteiger partial charge < -0.3 is 20.5 Å². The first-order chi connectivity index (χ1) is 15.7. The highest BCUT2D eigenvalue weighted by molar-refractivity contribution is 7.21. The number of carbonyl (C=O) groups is 1. The van der Waals surface area contributed by atoms with E-state index in [1.165, 1.54) is 7.11 Å². The van der Waals surface area contributed by atoms with E-state index in [1.807, 2.05) is 24.3 Å². The van der Waals surface area contributed by atoms with Crippen LogP contribution in [0.1, 0.15) is 15.2 Å². The summed E-state index contributed by atoms with van der Waals surface area (Å²) in [5.74, 6) is 0.112. The molecule has 6 nitrogen and oxygen atoms in total. The van der Waals surface area contributed by atoms with Gasteiger partial charge in [-0.1, -0.05) is 12.1 Å². The first-order valence-corrected chi connectivity index (χ1v) is 10.4. The summed E-state index contributed by atoms with van der Waals surface area (Å²) >= 11 is 1.05. The molecule has 0 spiro atoms. The third-order valence-electron chi connectivity index (χ3n) is 4.94. The summed E-state index contributed by atoms with van der Waals surface area (Å²) in [5, 5.41) is 3.05. The van der Waals surface area contributed by atoms with Gasteiger partial charge in [0.05, 0.1) is 36.9 Å². The SMILES string of the molecule is COc1cccc(-c2ccc3c(N)c(C(=O)Nc4cc(C(F)(F)F)ccc4OC)sc3n2)c1. The molecule has 0 radical (unpaired) electrons. The van der Waals surface area contributed by atoms with Gasteiger partial charge in [0.1, 0.15) is 21.2 Å². The number of pyridine rings is 1. The van der Waals surface area contributed by atoms with Crippen molar-refractivity contribution < 1.29 is 27.4 Å². The highest BCUT2D eigenvalue weighted by Crippen LogP contribution is 2.38. The van der Waals surface area contributed by atoms with Crippen LogP contribution in [-0.2, 0) is 6.18 Å². The molecule has 0 unspecified atom stereocenters. The van der Waals surface area contributed by atoms with E-state index in [2.05, 4.69) is 10.3 Å². The maximum Gasteiger partial charge on any atom is 0.416 e. The van der Waals surface area contributed by atoms with Crippen LogP contribution in [0.2, 0.25) is 0 Å². The number of benzene rings is 2. The van der Waals surface area contributed by atoms with Crippen LogP contribution in [0.4, 0.5) is 24.5 Å². The topological polar surface area (TPSA) is 86.5 Å². The fourth-order valence-corrected chi connectivity index (χ4v) is 4.26. The zero-order valence-corrected chi connectivity index (χ0v) is 18.3. The standard InChI is InChI=1S/C23H18F3N3O3S/c1-31-14-5-3-4-12(10-14)16-8-7-15-19(27)20(33-22(15)29-16)21(30)28-17-11-13(23(24,25)26)6-9-18(17)32-2/h3-11H,27H2,1-2H3,(H,28,30). The van der Waals surface area contributed by atoms with Crippen molar-refractivity contribution in [3.8, 4) is 22.8 Å². The summed E-state index contributed by atoms with van der Waals surface area (Å²) in [6, 6.07) is 13.7. The Hall–Kier alpha value is -3.79. The molecule has 2 aromatic heterocycles. The Morgan fingerprint density at radius 3 is 2.55 bits per heavy atom. The Bertz CT molecular complexity index is 1350. The molecule has 0 atom stereocenters. The Balaban J connectivity index is 1.69. The predicted molar refractivity (Wildman–Crippen MR) is 122 cm³/mol. The number of hydrogen-bond donors (Lipinski definition) is 2. The molecule has 0 aliphatic rings. The van der Waals surface area contributed by atoms with Gasteiger partial charge in [0, 0.05) is 10.9 Å². The van der Waals surface area contributed by atoms with Crippen molar-refractivity contribution >= 4 is 38.8 Å². The van der Waals surface area contributed by atoms with Gasteiger partial charge >= 0.3 is 6.18 Å². The summed E-state index contributed by atoms with van der Waals surface area (Å²) in [6.07, 6.45) is -4.57. The van der Waals surface area contributed by atoms with E-state index >= 15 is 0 Å². The number of methoxy groups -OCH3 is 2. The second-order valence-corrected chi connectivity index (χ2v) is 7.99. The lowest BCUT2D eigenvalue weighted by Crippen LogP contribution is -2.14. The average Bonchev–Trinajstić information content (AvgIpc) is 3.14. The van der Waals surface area contributed by atoms with Crippen molar-refractivity contribution in [3.05, 3.63) is 65.0 Å². The monoisotopic (exact) mass is 473 g/mol. The zero-order chi connectivity index (χ0) is 23.8. The van der Waals surface area contributed by atoms with Crippen molar-refractivity contribution in [2.24, 2.45) is 0 Å². The number of nitrogens with zero attached hydrogens (tertiary/aromatic N) is 1. The number of thiophene rings is 1. The number of fused-ring (bicyclic) bond motifs is 1. The van der Waals surface area contributed by atoms with E-state index in [-0.39, 0.29) is 22.0 Å². The molecule has 10 heteroatoms. The van der Waals surface area contributed by atoms with Crippen LogP contribution in [0.3, 0.4) is 0 Å². The van der Waals surface area contributed by atoms with Gasteiger partial charge in [-0.15, -0.1) is 11.3 Å². The smallest absolute Gasteiger partial charge is 0.416 e. The van der Waals surface area contributed by atoms with Crippen LogP contribution in [0.5, 0.6) is 11.5 Å². The van der Waals surface area contributed by atoms with E-state index in [4.69, 9.17) is 15.2 Å². The second-order valence-electron chi connectivity index (χ2n) is 6.99. The minimum atomic E-state index is -4.57. The third-order valence-corrected chi connectivity index (χ3v) is 6.05. The Morgan fingerprint density at radius 2 is 1.85 bits per heavy atom. The van der Waals surface area contributed by atoms with Gasteiger partial charge in [0.25, 0.3) is 5.91 Å². The Labute approximate surface area is 190 Å². The molecule has 170 valence electrons. The summed E-state index contributed by atoms with van der Waals surface area (Å²) in [7, 11) is 2.87. The molecular formula is C23H18F3N3O3S. The first kappa shape index (κ1) is 22.4. The second kappa shape index (κ2) is 8.62. The fourth-order valence-electron chi connectivity index (χ4n) is 3.27. The summed E-state index contributed by atoms with van der Waals surface area (Å²) in [5.41, 5.74) is 6.84. The lowest BCUT2D eigenvalue weighted by atomic mass is 10.1. The number of halogens is 3. The van der Waals surface area contributed by atoms with Crippen LogP contribution in [0, 0.1) is 0 Å². The van der Waals surface area contributed by atoms with E-state index in [0.29, 0.717) is 21.7 Å². The molecule has 1 amide bonds. The number of rotatable bonds is 5. The number of nitrogen functional groups attached to an aromatic ring is 1. The molecule has 0 saturated heterocycles. The van der Waals surface area contributed by atoms with E-state index in [1.54, 1.807) is 19.2 Å². The van der Waals surface area contributed by atoms with Crippen LogP contribution < -0.4 is 20.5 Å². The van der Waals surface area contributed by atoms with Crippen molar-refractivity contribution in [2.45, 2.75) is 6.18 Å². The number of amides is 1. The Kier molecular flexibility index (Phi) is 5.86. The number of hydrogen-bond acceptors (Lipinski definition) is 6.